The number of aliphatic hydroxyl groups excluding tert-OH is 1. The molecule has 0 aromatic carbocycles. The standard InChI is InChI=1S/C13H30N2O/c1-6-9-14-12(11-16)8-10-15(5)13(3,4)7-2/h12,14,16H,6-11H2,1-5H3. The third-order valence-electron chi connectivity index (χ3n) is 3.61. The van der Waals surface area contributed by atoms with Gasteiger partial charge >= 0.3 is 0 Å². The highest BCUT2D eigenvalue weighted by molar-refractivity contribution is 4.78. The first-order valence-corrected chi connectivity index (χ1v) is 6.53. The number of hydrogen-bond acceptors (Lipinski definition) is 3. The number of aliphatic hydroxyl groups is 1. The fourth-order valence-electron chi connectivity index (χ4n) is 1.53. The van der Waals surface area contributed by atoms with Crippen molar-refractivity contribution in [3.05, 3.63) is 0 Å². The molecule has 0 aromatic rings. The van der Waals surface area contributed by atoms with Gasteiger partial charge in [-0.15, -0.1) is 0 Å². The molecule has 98 valence electrons. The van der Waals surface area contributed by atoms with Crippen molar-refractivity contribution >= 4 is 0 Å². The molecule has 0 heterocycles. The van der Waals surface area contributed by atoms with E-state index in [1.165, 1.54) is 0 Å². The molecule has 0 saturated carbocycles. The molecular formula is C13H30N2O. The molecule has 0 rings (SSSR count). The van der Waals surface area contributed by atoms with Gasteiger partial charge in [-0.2, -0.15) is 0 Å². The van der Waals surface area contributed by atoms with Crippen LogP contribution >= 0.6 is 0 Å². The van der Waals surface area contributed by atoms with Gasteiger partial charge in [0.1, 0.15) is 0 Å². The molecule has 0 amide bonds. The predicted octanol–water partition coefficient (Wildman–Crippen LogP) is 1.86. The SMILES string of the molecule is CCCNC(CO)CCN(C)C(C)(C)CC. The molecule has 1 unspecified atom stereocenters. The van der Waals surface area contributed by atoms with Crippen LogP contribution in [0.5, 0.6) is 0 Å². The van der Waals surface area contributed by atoms with E-state index in [0.717, 1.165) is 32.4 Å². The second-order valence-electron chi connectivity index (χ2n) is 5.21. The molecule has 0 aliphatic carbocycles. The Bertz CT molecular complexity index is 171. The van der Waals surface area contributed by atoms with Gasteiger partial charge in [0.2, 0.25) is 0 Å². The van der Waals surface area contributed by atoms with Crippen molar-refractivity contribution in [1.29, 1.82) is 0 Å². The van der Waals surface area contributed by atoms with Crippen molar-refractivity contribution in [3.8, 4) is 0 Å². The summed E-state index contributed by atoms with van der Waals surface area (Å²) in [6.45, 7) is 11.2. The second kappa shape index (κ2) is 8.04. The molecule has 16 heavy (non-hydrogen) atoms. The Morgan fingerprint density at radius 2 is 1.94 bits per heavy atom. The summed E-state index contributed by atoms with van der Waals surface area (Å²) in [6.07, 6.45) is 3.28. The first-order valence-electron chi connectivity index (χ1n) is 6.53. The van der Waals surface area contributed by atoms with Crippen LogP contribution in [0.25, 0.3) is 0 Å². The zero-order chi connectivity index (χ0) is 12.6. The van der Waals surface area contributed by atoms with Gasteiger partial charge < -0.3 is 15.3 Å². The summed E-state index contributed by atoms with van der Waals surface area (Å²) < 4.78 is 0. The van der Waals surface area contributed by atoms with Crippen LogP contribution in [0.1, 0.15) is 47.0 Å². The first kappa shape index (κ1) is 15.9. The van der Waals surface area contributed by atoms with E-state index in [0.29, 0.717) is 0 Å². The minimum atomic E-state index is 0.237. The van der Waals surface area contributed by atoms with Crippen molar-refractivity contribution in [3.63, 3.8) is 0 Å². The number of nitrogens with zero attached hydrogens (tertiary/aromatic N) is 1. The third kappa shape index (κ3) is 5.83. The van der Waals surface area contributed by atoms with E-state index in [1.54, 1.807) is 0 Å². The monoisotopic (exact) mass is 230 g/mol. The highest BCUT2D eigenvalue weighted by atomic mass is 16.3. The van der Waals surface area contributed by atoms with Crippen molar-refractivity contribution in [2.24, 2.45) is 0 Å². The number of rotatable bonds is 9. The van der Waals surface area contributed by atoms with Gasteiger partial charge in [0.15, 0.2) is 0 Å². The summed E-state index contributed by atoms with van der Waals surface area (Å²) in [7, 11) is 2.16. The topological polar surface area (TPSA) is 35.5 Å². The van der Waals surface area contributed by atoms with Crippen molar-refractivity contribution in [1.82, 2.24) is 10.2 Å². The highest BCUT2D eigenvalue weighted by Gasteiger charge is 2.21. The number of nitrogens with one attached hydrogen (secondary N) is 1. The maximum atomic E-state index is 9.24. The Morgan fingerprint density at radius 1 is 1.31 bits per heavy atom. The minimum Gasteiger partial charge on any atom is -0.395 e. The van der Waals surface area contributed by atoms with E-state index >= 15 is 0 Å². The van der Waals surface area contributed by atoms with E-state index in [4.69, 9.17) is 0 Å². The van der Waals surface area contributed by atoms with E-state index in [1.807, 2.05) is 0 Å². The third-order valence-corrected chi connectivity index (χ3v) is 3.61. The van der Waals surface area contributed by atoms with Crippen LogP contribution in [-0.4, -0.2) is 48.3 Å². The van der Waals surface area contributed by atoms with E-state index < -0.39 is 0 Å². The summed E-state index contributed by atoms with van der Waals surface area (Å²) in [5.74, 6) is 0. The number of hydrogen-bond donors (Lipinski definition) is 2. The maximum absolute atomic E-state index is 9.24. The fourth-order valence-corrected chi connectivity index (χ4v) is 1.53. The van der Waals surface area contributed by atoms with Gasteiger partial charge in [0, 0.05) is 11.6 Å². The highest BCUT2D eigenvalue weighted by Crippen LogP contribution is 2.16. The normalized spacial score (nSPS) is 14.4. The summed E-state index contributed by atoms with van der Waals surface area (Å²) >= 11 is 0. The van der Waals surface area contributed by atoms with Gasteiger partial charge in [-0.05, 0) is 53.2 Å². The molecule has 0 aliphatic rings. The summed E-state index contributed by atoms with van der Waals surface area (Å²) in [6, 6.07) is 0.245. The summed E-state index contributed by atoms with van der Waals surface area (Å²) in [5.41, 5.74) is 0.255. The molecule has 0 spiro atoms. The Balaban J connectivity index is 3.91. The molecule has 0 bridgehead atoms. The average Bonchev–Trinajstić information content (AvgIpc) is 2.28. The molecule has 1 atom stereocenters. The van der Waals surface area contributed by atoms with Crippen LogP contribution in [0.2, 0.25) is 0 Å². The molecule has 0 aliphatic heterocycles. The lowest BCUT2D eigenvalue weighted by atomic mass is 9.99. The molecule has 3 heteroatoms. The molecule has 0 radical (unpaired) electrons. The van der Waals surface area contributed by atoms with E-state index in [2.05, 4.69) is 45.0 Å². The van der Waals surface area contributed by atoms with Crippen LogP contribution in [0, 0.1) is 0 Å². The Labute approximate surface area is 101 Å². The van der Waals surface area contributed by atoms with Gasteiger partial charge in [0.05, 0.1) is 6.61 Å². The Kier molecular flexibility index (Phi) is 7.98. The maximum Gasteiger partial charge on any atom is 0.0585 e. The minimum absolute atomic E-state index is 0.237. The Morgan fingerprint density at radius 3 is 2.38 bits per heavy atom. The molecule has 2 N–H and O–H groups in total. The van der Waals surface area contributed by atoms with E-state index in [-0.39, 0.29) is 18.2 Å². The smallest absolute Gasteiger partial charge is 0.0585 e. The van der Waals surface area contributed by atoms with Gasteiger partial charge in [-0.1, -0.05) is 13.8 Å². The van der Waals surface area contributed by atoms with E-state index in [9.17, 15) is 5.11 Å². The predicted molar refractivity (Wildman–Crippen MR) is 70.8 cm³/mol. The van der Waals surface area contributed by atoms with Crippen LogP contribution in [0.15, 0.2) is 0 Å². The summed E-state index contributed by atoms with van der Waals surface area (Å²) in [5, 5.41) is 12.6. The lowest BCUT2D eigenvalue weighted by Gasteiger charge is -2.35. The fraction of sp³-hybridized carbons (Fsp3) is 1.00. The zero-order valence-electron chi connectivity index (χ0n) is 11.7. The van der Waals surface area contributed by atoms with Crippen LogP contribution < -0.4 is 5.32 Å². The molecule has 0 aromatic heterocycles. The molecule has 0 saturated heterocycles. The molecule has 0 fully saturated rings. The van der Waals surface area contributed by atoms with Crippen LogP contribution in [0.3, 0.4) is 0 Å². The lowest BCUT2D eigenvalue weighted by molar-refractivity contribution is 0.135. The van der Waals surface area contributed by atoms with Crippen molar-refractivity contribution < 1.29 is 5.11 Å². The zero-order valence-corrected chi connectivity index (χ0v) is 11.7. The largest absolute Gasteiger partial charge is 0.395 e. The summed E-state index contributed by atoms with van der Waals surface area (Å²) in [4.78, 5) is 2.38. The quantitative estimate of drug-likeness (QED) is 0.634. The van der Waals surface area contributed by atoms with Gasteiger partial charge in [-0.3, -0.25) is 0 Å². The van der Waals surface area contributed by atoms with Crippen LogP contribution in [-0.2, 0) is 0 Å². The van der Waals surface area contributed by atoms with Gasteiger partial charge in [-0.25, -0.2) is 0 Å². The van der Waals surface area contributed by atoms with Crippen molar-refractivity contribution in [2.75, 3.05) is 26.7 Å². The molecule has 3 nitrogen and oxygen atoms in total. The average molecular weight is 230 g/mol. The lowest BCUT2D eigenvalue weighted by Crippen LogP contribution is -2.44. The Hall–Kier alpha value is -0.120. The molecular weight excluding hydrogens is 200 g/mol. The second-order valence-corrected chi connectivity index (χ2v) is 5.21. The first-order chi connectivity index (χ1) is 7.47. The van der Waals surface area contributed by atoms with Crippen molar-refractivity contribution in [2.45, 2.75) is 58.5 Å². The van der Waals surface area contributed by atoms with Crippen LogP contribution in [0.4, 0.5) is 0 Å². The van der Waals surface area contributed by atoms with Gasteiger partial charge in [0.25, 0.3) is 0 Å².